The molecule has 80 valence electrons. The predicted molar refractivity (Wildman–Crippen MR) is 56.1 cm³/mol. The van der Waals surface area contributed by atoms with E-state index in [0.29, 0.717) is 6.54 Å². The van der Waals surface area contributed by atoms with E-state index in [9.17, 15) is 0 Å². The molecule has 0 saturated heterocycles. The molecule has 0 radical (unpaired) electrons. The van der Waals surface area contributed by atoms with Gasteiger partial charge in [0.05, 0.1) is 12.5 Å². The van der Waals surface area contributed by atoms with Crippen LogP contribution in [0.15, 0.2) is 23.2 Å². The van der Waals surface area contributed by atoms with Crippen molar-refractivity contribution in [1.82, 2.24) is 14.7 Å². The molecule has 2 heterocycles. The van der Waals surface area contributed by atoms with Crippen molar-refractivity contribution in [3.8, 4) is 11.5 Å². The number of nitrogens with two attached hydrogens (primary N) is 1. The summed E-state index contributed by atoms with van der Waals surface area (Å²) in [5.74, 6) is 0.737. The summed E-state index contributed by atoms with van der Waals surface area (Å²) in [5, 5.41) is 3.73. The Morgan fingerprint density at radius 3 is 3.07 bits per heavy atom. The lowest BCUT2D eigenvalue weighted by atomic mass is 10.2. The number of hydrogen-bond acceptors (Lipinski definition) is 4. The summed E-state index contributed by atoms with van der Waals surface area (Å²) in [5.41, 5.74) is 7.26. The van der Waals surface area contributed by atoms with Crippen molar-refractivity contribution in [3.63, 3.8) is 0 Å². The van der Waals surface area contributed by atoms with Gasteiger partial charge in [0.25, 0.3) is 0 Å². The maximum absolute atomic E-state index is 5.44. The maximum Gasteiger partial charge on any atom is 0.189 e. The monoisotopic (exact) mass is 206 g/mol. The molecule has 0 fully saturated rings. The highest BCUT2D eigenvalue weighted by atomic mass is 16.5. The van der Waals surface area contributed by atoms with Gasteiger partial charge < -0.3 is 14.8 Å². The minimum absolute atomic E-state index is 0.689. The molecule has 0 aliphatic heterocycles. The molecule has 0 spiro atoms. The van der Waals surface area contributed by atoms with Crippen molar-refractivity contribution >= 4 is 0 Å². The highest BCUT2D eigenvalue weighted by molar-refractivity contribution is 5.54. The van der Waals surface area contributed by atoms with Crippen LogP contribution >= 0.6 is 0 Å². The number of hydrogen-bond donors (Lipinski definition) is 1. The quantitative estimate of drug-likeness (QED) is 0.815. The number of rotatable bonds is 4. The summed E-state index contributed by atoms with van der Waals surface area (Å²) in [7, 11) is 0. The van der Waals surface area contributed by atoms with E-state index in [-0.39, 0.29) is 0 Å². The first-order valence-electron chi connectivity index (χ1n) is 4.94. The molecule has 2 rings (SSSR count). The summed E-state index contributed by atoms with van der Waals surface area (Å²) < 4.78 is 7.12. The summed E-state index contributed by atoms with van der Waals surface area (Å²) in [6, 6.07) is 0. The Morgan fingerprint density at radius 2 is 2.40 bits per heavy atom. The predicted octanol–water partition coefficient (Wildman–Crippen LogP) is 1.20. The molecule has 0 amide bonds. The van der Waals surface area contributed by atoms with E-state index >= 15 is 0 Å². The van der Waals surface area contributed by atoms with E-state index in [0.717, 1.165) is 30.0 Å². The first kappa shape index (κ1) is 9.92. The molecule has 15 heavy (non-hydrogen) atoms. The van der Waals surface area contributed by atoms with Crippen LogP contribution in [0, 0.1) is 6.92 Å². The summed E-state index contributed by atoms with van der Waals surface area (Å²) in [6.07, 6.45) is 6.37. The Bertz CT molecular complexity index is 432. The second-order valence-electron chi connectivity index (χ2n) is 3.48. The van der Waals surface area contributed by atoms with Gasteiger partial charge in [-0.25, -0.2) is 4.98 Å². The van der Waals surface area contributed by atoms with Crippen molar-refractivity contribution < 1.29 is 4.52 Å². The van der Waals surface area contributed by atoms with Gasteiger partial charge >= 0.3 is 0 Å². The summed E-state index contributed by atoms with van der Waals surface area (Å²) in [4.78, 5) is 4.26. The Hall–Kier alpha value is -1.62. The first-order chi connectivity index (χ1) is 7.31. The number of nitrogens with zero attached hydrogens (tertiary/aromatic N) is 3. The van der Waals surface area contributed by atoms with Crippen LogP contribution in [-0.2, 0) is 6.54 Å². The van der Waals surface area contributed by atoms with Gasteiger partial charge in [0, 0.05) is 18.3 Å². The molecule has 5 nitrogen and oxygen atoms in total. The Kier molecular flexibility index (Phi) is 2.82. The molecule has 0 unspecified atom stereocenters. The van der Waals surface area contributed by atoms with Gasteiger partial charge in [0.1, 0.15) is 5.69 Å². The van der Waals surface area contributed by atoms with E-state index in [4.69, 9.17) is 10.3 Å². The first-order valence-corrected chi connectivity index (χ1v) is 4.94. The summed E-state index contributed by atoms with van der Waals surface area (Å²) in [6.45, 7) is 3.52. The third-order valence-electron chi connectivity index (χ3n) is 2.23. The fourth-order valence-corrected chi connectivity index (χ4v) is 1.41. The molecule has 2 N–H and O–H groups in total. The minimum atomic E-state index is 0.689. The van der Waals surface area contributed by atoms with Crippen molar-refractivity contribution in [2.24, 2.45) is 5.73 Å². The smallest absolute Gasteiger partial charge is 0.189 e. The standard InChI is InChI=1S/C10H14N4O/c1-8-5-13-15-10(8)9-6-14(7-12-9)4-2-3-11/h5-7H,2-4,11H2,1H3. The zero-order valence-corrected chi connectivity index (χ0v) is 8.68. The van der Waals surface area contributed by atoms with Crippen molar-refractivity contribution in [2.45, 2.75) is 19.9 Å². The molecule has 2 aromatic heterocycles. The molecule has 2 aromatic rings. The van der Waals surface area contributed by atoms with Gasteiger partial charge in [-0.15, -0.1) is 0 Å². The number of imidazole rings is 1. The van der Waals surface area contributed by atoms with Crippen molar-refractivity contribution in [2.75, 3.05) is 6.54 Å². The SMILES string of the molecule is Cc1cnoc1-c1cn(CCCN)cn1. The van der Waals surface area contributed by atoms with Crippen LogP contribution in [0.25, 0.3) is 11.5 Å². The summed E-state index contributed by atoms with van der Waals surface area (Å²) >= 11 is 0. The molecule has 0 bridgehead atoms. The van der Waals surface area contributed by atoms with Crippen LogP contribution < -0.4 is 5.73 Å². The third kappa shape index (κ3) is 2.07. The zero-order chi connectivity index (χ0) is 10.7. The van der Waals surface area contributed by atoms with Crippen LogP contribution in [0.3, 0.4) is 0 Å². The molecular formula is C10H14N4O. The second-order valence-corrected chi connectivity index (χ2v) is 3.48. The topological polar surface area (TPSA) is 69.9 Å². The molecule has 0 aromatic carbocycles. The van der Waals surface area contributed by atoms with Crippen LogP contribution in [0.5, 0.6) is 0 Å². The van der Waals surface area contributed by atoms with Crippen molar-refractivity contribution in [3.05, 3.63) is 24.3 Å². The molecule has 0 aliphatic rings. The minimum Gasteiger partial charge on any atom is -0.354 e. The number of aryl methyl sites for hydroxylation is 2. The molecule has 0 atom stereocenters. The van der Waals surface area contributed by atoms with Gasteiger partial charge in [-0.2, -0.15) is 0 Å². The van der Waals surface area contributed by atoms with Crippen LogP contribution in [0.1, 0.15) is 12.0 Å². The molecule has 5 heteroatoms. The Balaban J connectivity index is 2.17. The lowest BCUT2D eigenvalue weighted by Gasteiger charge is -1.97. The zero-order valence-electron chi connectivity index (χ0n) is 8.68. The third-order valence-corrected chi connectivity index (χ3v) is 2.23. The van der Waals surface area contributed by atoms with E-state index in [2.05, 4.69) is 10.1 Å². The fourth-order valence-electron chi connectivity index (χ4n) is 1.41. The van der Waals surface area contributed by atoms with E-state index < -0.39 is 0 Å². The highest BCUT2D eigenvalue weighted by Gasteiger charge is 2.09. The van der Waals surface area contributed by atoms with Gasteiger partial charge in [-0.1, -0.05) is 5.16 Å². The Labute approximate surface area is 87.9 Å². The Morgan fingerprint density at radius 1 is 1.53 bits per heavy atom. The van der Waals surface area contributed by atoms with Gasteiger partial charge in [0.2, 0.25) is 0 Å². The van der Waals surface area contributed by atoms with Gasteiger partial charge in [-0.3, -0.25) is 0 Å². The highest BCUT2D eigenvalue weighted by Crippen LogP contribution is 2.20. The lowest BCUT2D eigenvalue weighted by molar-refractivity contribution is 0.430. The van der Waals surface area contributed by atoms with Crippen LogP contribution in [0.4, 0.5) is 0 Å². The van der Waals surface area contributed by atoms with Crippen LogP contribution in [0.2, 0.25) is 0 Å². The van der Waals surface area contributed by atoms with E-state index in [1.165, 1.54) is 0 Å². The van der Waals surface area contributed by atoms with Crippen LogP contribution in [-0.4, -0.2) is 21.3 Å². The van der Waals surface area contributed by atoms with E-state index in [1.807, 2.05) is 17.7 Å². The molecule has 0 aliphatic carbocycles. The maximum atomic E-state index is 5.44. The van der Waals surface area contributed by atoms with E-state index in [1.54, 1.807) is 12.5 Å². The largest absolute Gasteiger partial charge is 0.354 e. The van der Waals surface area contributed by atoms with Gasteiger partial charge in [0.15, 0.2) is 5.76 Å². The molecular weight excluding hydrogens is 192 g/mol. The van der Waals surface area contributed by atoms with Gasteiger partial charge in [-0.05, 0) is 19.9 Å². The average Bonchev–Trinajstić information content (AvgIpc) is 2.83. The second kappa shape index (κ2) is 4.27. The fraction of sp³-hybridized carbons (Fsp3) is 0.400. The molecule has 0 saturated carbocycles. The average molecular weight is 206 g/mol. The van der Waals surface area contributed by atoms with Crippen molar-refractivity contribution in [1.29, 1.82) is 0 Å². The lowest BCUT2D eigenvalue weighted by Crippen LogP contribution is -2.03. The normalized spacial score (nSPS) is 10.8. The number of aromatic nitrogens is 3.